The zero-order valence-corrected chi connectivity index (χ0v) is 5.13. The number of ether oxygens (including phenoxy) is 2. The highest BCUT2D eigenvalue weighted by atomic mass is 16.6. The lowest BCUT2D eigenvalue weighted by atomic mass is 10.2. The normalized spacial score (nSPS) is 26.0. The molecule has 0 spiro atoms. The lowest BCUT2D eigenvalue weighted by molar-refractivity contribution is 0.0623. The van der Waals surface area contributed by atoms with Crippen LogP contribution < -0.4 is 0 Å². The Morgan fingerprint density at radius 1 is 1.78 bits per heavy atom. The van der Waals surface area contributed by atoms with Gasteiger partial charge in [0.15, 0.2) is 0 Å². The van der Waals surface area contributed by atoms with E-state index in [0.29, 0.717) is 6.61 Å². The molecule has 51 valence electrons. The summed E-state index contributed by atoms with van der Waals surface area (Å²) in [6.45, 7) is 2.53. The number of hydrogen-bond donors (Lipinski definition) is 0. The van der Waals surface area contributed by atoms with Crippen molar-refractivity contribution in [3.63, 3.8) is 0 Å². The van der Waals surface area contributed by atoms with E-state index in [1.165, 1.54) is 6.47 Å². The Morgan fingerprint density at radius 2 is 2.67 bits per heavy atom. The van der Waals surface area contributed by atoms with Crippen molar-refractivity contribution in [2.45, 2.75) is 18.9 Å². The second-order valence-electron chi connectivity index (χ2n) is 2.03. The summed E-state index contributed by atoms with van der Waals surface area (Å²) in [6, 6.07) is 0. The van der Waals surface area contributed by atoms with Gasteiger partial charge in [-0.2, -0.15) is 0 Å². The molecular formula is C6H9O3. The molecule has 1 aliphatic rings. The van der Waals surface area contributed by atoms with Crippen LogP contribution in [0.2, 0.25) is 0 Å². The highest BCUT2D eigenvalue weighted by Gasteiger charge is 2.15. The van der Waals surface area contributed by atoms with Crippen molar-refractivity contribution in [3.05, 3.63) is 0 Å². The maximum atomic E-state index is 9.56. The van der Waals surface area contributed by atoms with Gasteiger partial charge in [0.25, 0.3) is 0 Å². The van der Waals surface area contributed by atoms with Crippen molar-refractivity contribution in [1.29, 1.82) is 0 Å². The second kappa shape index (κ2) is 3.45. The lowest BCUT2D eigenvalue weighted by Crippen LogP contribution is -2.12. The second-order valence-corrected chi connectivity index (χ2v) is 2.03. The zero-order valence-electron chi connectivity index (χ0n) is 5.13. The maximum Gasteiger partial charge on any atom is 0.417 e. The van der Waals surface area contributed by atoms with Gasteiger partial charge >= 0.3 is 6.47 Å². The molecule has 0 aromatic heterocycles. The summed E-state index contributed by atoms with van der Waals surface area (Å²) >= 11 is 0. The van der Waals surface area contributed by atoms with Gasteiger partial charge in [0, 0.05) is 6.61 Å². The first kappa shape index (κ1) is 6.55. The van der Waals surface area contributed by atoms with Crippen LogP contribution in [0.5, 0.6) is 0 Å². The van der Waals surface area contributed by atoms with E-state index in [1.807, 2.05) is 0 Å². The third-order valence-electron chi connectivity index (χ3n) is 1.35. The molecule has 0 aromatic rings. The molecular weight excluding hydrogens is 120 g/mol. The van der Waals surface area contributed by atoms with Gasteiger partial charge in [-0.3, -0.25) is 0 Å². The van der Waals surface area contributed by atoms with Gasteiger partial charge in [-0.15, -0.1) is 0 Å². The van der Waals surface area contributed by atoms with E-state index in [-0.39, 0.29) is 6.10 Å². The van der Waals surface area contributed by atoms with E-state index in [4.69, 9.17) is 4.74 Å². The molecule has 0 unspecified atom stereocenters. The fraction of sp³-hybridized carbons (Fsp3) is 0.833. The van der Waals surface area contributed by atoms with Crippen molar-refractivity contribution >= 4 is 6.47 Å². The smallest absolute Gasteiger partial charge is 0.417 e. The molecule has 1 radical (unpaired) electrons. The Hall–Kier alpha value is -0.570. The fourth-order valence-corrected chi connectivity index (χ4v) is 0.903. The van der Waals surface area contributed by atoms with E-state index in [1.54, 1.807) is 0 Å². The summed E-state index contributed by atoms with van der Waals surface area (Å²) < 4.78 is 9.54. The molecule has 1 fully saturated rings. The SMILES string of the molecule is O=[C]OC[C@H]1CCCO1. The van der Waals surface area contributed by atoms with Gasteiger partial charge in [-0.25, -0.2) is 4.79 Å². The van der Waals surface area contributed by atoms with Gasteiger partial charge in [0.05, 0.1) is 6.10 Å². The Morgan fingerprint density at radius 3 is 3.22 bits per heavy atom. The predicted molar refractivity (Wildman–Crippen MR) is 30.6 cm³/mol. The fourth-order valence-electron chi connectivity index (χ4n) is 0.903. The molecule has 0 N–H and O–H groups in total. The van der Waals surface area contributed by atoms with E-state index < -0.39 is 0 Å². The summed E-state index contributed by atoms with van der Waals surface area (Å²) in [7, 11) is 0. The molecule has 1 saturated heterocycles. The number of hydrogen-bond acceptors (Lipinski definition) is 3. The summed E-state index contributed by atoms with van der Waals surface area (Å²) in [5.74, 6) is 0. The van der Waals surface area contributed by atoms with Crippen LogP contribution in [-0.4, -0.2) is 25.8 Å². The van der Waals surface area contributed by atoms with E-state index in [0.717, 1.165) is 19.4 Å². The van der Waals surface area contributed by atoms with Crippen LogP contribution in [0, 0.1) is 0 Å². The van der Waals surface area contributed by atoms with Crippen molar-refractivity contribution < 1.29 is 14.3 Å². The van der Waals surface area contributed by atoms with E-state index in [2.05, 4.69) is 4.74 Å². The van der Waals surface area contributed by atoms with Crippen LogP contribution in [0.25, 0.3) is 0 Å². The molecule has 1 aliphatic heterocycles. The minimum absolute atomic E-state index is 0.131. The Bertz CT molecular complexity index is 86.3. The standard InChI is InChI=1S/C6H9O3/c7-5-8-4-6-2-1-3-9-6/h6H,1-4H2/t6-/m1/s1. The van der Waals surface area contributed by atoms with E-state index in [9.17, 15) is 4.79 Å². The lowest BCUT2D eigenvalue weighted by Gasteiger charge is -2.04. The van der Waals surface area contributed by atoms with Gasteiger partial charge in [-0.05, 0) is 12.8 Å². The molecule has 9 heavy (non-hydrogen) atoms. The van der Waals surface area contributed by atoms with Crippen molar-refractivity contribution in [2.24, 2.45) is 0 Å². The molecule has 3 nitrogen and oxygen atoms in total. The molecule has 0 aliphatic carbocycles. The highest BCUT2D eigenvalue weighted by Crippen LogP contribution is 2.11. The van der Waals surface area contributed by atoms with Crippen LogP contribution in [0.4, 0.5) is 0 Å². The minimum atomic E-state index is 0.131. The average Bonchev–Trinajstić information content (AvgIpc) is 2.34. The van der Waals surface area contributed by atoms with Crippen LogP contribution in [0.15, 0.2) is 0 Å². The Kier molecular flexibility index (Phi) is 2.51. The highest BCUT2D eigenvalue weighted by molar-refractivity contribution is 5.38. The van der Waals surface area contributed by atoms with Crippen molar-refractivity contribution in [2.75, 3.05) is 13.2 Å². The van der Waals surface area contributed by atoms with Gasteiger partial charge in [0.2, 0.25) is 0 Å². The minimum Gasteiger partial charge on any atom is -0.455 e. The van der Waals surface area contributed by atoms with Crippen LogP contribution in [-0.2, 0) is 14.3 Å². The van der Waals surface area contributed by atoms with E-state index >= 15 is 0 Å². The van der Waals surface area contributed by atoms with Gasteiger partial charge in [-0.1, -0.05) is 0 Å². The molecule has 1 heterocycles. The molecule has 0 amide bonds. The monoisotopic (exact) mass is 129 g/mol. The van der Waals surface area contributed by atoms with Crippen LogP contribution >= 0.6 is 0 Å². The largest absolute Gasteiger partial charge is 0.455 e. The van der Waals surface area contributed by atoms with Crippen molar-refractivity contribution in [1.82, 2.24) is 0 Å². The maximum absolute atomic E-state index is 9.56. The third kappa shape index (κ3) is 2.01. The molecule has 1 rings (SSSR count). The van der Waals surface area contributed by atoms with Gasteiger partial charge in [0.1, 0.15) is 6.61 Å². The number of rotatable bonds is 3. The molecule has 1 atom stereocenters. The third-order valence-corrected chi connectivity index (χ3v) is 1.35. The average molecular weight is 129 g/mol. The molecule has 0 aromatic carbocycles. The van der Waals surface area contributed by atoms with Gasteiger partial charge < -0.3 is 9.47 Å². The van der Waals surface area contributed by atoms with Crippen LogP contribution in [0.1, 0.15) is 12.8 Å². The quantitative estimate of drug-likeness (QED) is 0.548. The van der Waals surface area contributed by atoms with Crippen LogP contribution in [0.3, 0.4) is 0 Å². The first-order chi connectivity index (χ1) is 4.43. The predicted octanol–water partition coefficient (Wildman–Crippen LogP) is 0.249. The first-order valence-corrected chi connectivity index (χ1v) is 3.04. The summed E-state index contributed by atoms with van der Waals surface area (Å²) in [5.41, 5.74) is 0. The zero-order chi connectivity index (χ0) is 6.53. The Balaban J connectivity index is 2.04. The molecule has 0 bridgehead atoms. The molecule has 3 heteroatoms. The summed E-state index contributed by atoms with van der Waals surface area (Å²) in [5, 5.41) is 0. The topological polar surface area (TPSA) is 35.5 Å². The first-order valence-electron chi connectivity index (χ1n) is 3.04. The Labute approximate surface area is 53.9 Å². The summed E-state index contributed by atoms with van der Waals surface area (Å²) in [6.07, 6.45) is 2.21. The summed E-state index contributed by atoms with van der Waals surface area (Å²) in [4.78, 5) is 9.56. The van der Waals surface area contributed by atoms with Crippen molar-refractivity contribution in [3.8, 4) is 0 Å². The molecule has 0 saturated carbocycles. The number of carbonyl (C=O) groups excluding carboxylic acids is 1.